The lowest BCUT2D eigenvalue weighted by Crippen LogP contribution is -2.04. The standard InChI is InChI=1S/C14H15NO2S/c1-3-10-6-5-7-11(8-10)13-15-12(9-18-13)14(16)17-4-2/h5-9H,3-4H2,1-2H3. The van der Waals surface area contributed by atoms with Gasteiger partial charge in [0.15, 0.2) is 5.69 Å². The highest BCUT2D eigenvalue weighted by Gasteiger charge is 2.12. The number of thiazole rings is 1. The van der Waals surface area contributed by atoms with E-state index >= 15 is 0 Å². The van der Waals surface area contributed by atoms with Gasteiger partial charge >= 0.3 is 5.97 Å². The summed E-state index contributed by atoms with van der Waals surface area (Å²) in [6, 6.07) is 8.21. The van der Waals surface area contributed by atoms with Crippen LogP contribution in [0, 0.1) is 0 Å². The number of carbonyl (C=O) groups is 1. The molecule has 0 N–H and O–H groups in total. The molecule has 0 bridgehead atoms. The summed E-state index contributed by atoms with van der Waals surface area (Å²) in [4.78, 5) is 15.9. The fourth-order valence-corrected chi connectivity index (χ4v) is 2.42. The molecule has 0 amide bonds. The van der Waals surface area contributed by atoms with Gasteiger partial charge in [-0.1, -0.05) is 25.1 Å². The normalized spacial score (nSPS) is 10.3. The number of hydrogen-bond donors (Lipinski definition) is 0. The lowest BCUT2D eigenvalue weighted by molar-refractivity contribution is 0.0520. The lowest BCUT2D eigenvalue weighted by atomic mass is 10.1. The van der Waals surface area contributed by atoms with E-state index in [0.717, 1.165) is 17.0 Å². The average Bonchev–Trinajstić information content (AvgIpc) is 2.89. The molecule has 0 spiro atoms. The van der Waals surface area contributed by atoms with Crippen LogP contribution in [0.2, 0.25) is 0 Å². The van der Waals surface area contributed by atoms with Crippen molar-refractivity contribution in [3.63, 3.8) is 0 Å². The predicted octanol–water partition coefficient (Wildman–Crippen LogP) is 3.55. The minimum atomic E-state index is -0.355. The third kappa shape index (κ3) is 2.76. The van der Waals surface area contributed by atoms with E-state index in [4.69, 9.17) is 4.74 Å². The van der Waals surface area contributed by atoms with E-state index < -0.39 is 0 Å². The van der Waals surface area contributed by atoms with Gasteiger partial charge in [-0.25, -0.2) is 9.78 Å². The second-order valence-corrected chi connectivity index (χ2v) is 4.67. The lowest BCUT2D eigenvalue weighted by Gasteiger charge is -2.00. The Morgan fingerprint density at radius 1 is 1.39 bits per heavy atom. The number of aryl methyl sites for hydroxylation is 1. The Morgan fingerprint density at radius 2 is 2.22 bits per heavy atom. The zero-order valence-corrected chi connectivity index (χ0v) is 11.3. The second-order valence-electron chi connectivity index (χ2n) is 3.81. The number of hydrogen-bond acceptors (Lipinski definition) is 4. The molecule has 4 heteroatoms. The van der Waals surface area contributed by atoms with Gasteiger partial charge in [0.25, 0.3) is 0 Å². The minimum absolute atomic E-state index is 0.355. The molecule has 0 fully saturated rings. The summed E-state index contributed by atoms with van der Waals surface area (Å²) in [6.07, 6.45) is 0.990. The summed E-state index contributed by atoms with van der Waals surface area (Å²) < 4.78 is 4.93. The molecule has 0 atom stereocenters. The summed E-state index contributed by atoms with van der Waals surface area (Å²) >= 11 is 1.46. The van der Waals surface area contributed by atoms with Crippen LogP contribution in [0.3, 0.4) is 0 Å². The van der Waals surface area contributed by atoms with Gasteiger partial charge in [0.2, 0.25) is 0 Å². The van der Waals surface area contributed by atoms with E-state index in [1.54, 1.807) is 12.3 Å². The van der Waals surface area contributed by atoms with Gasteiger partial charge < -0.3 is 4.74 Å². The van der Waals surface area contributed by atoms with Gasteiger partial charge in [-0.2, -0.15) is 0 Å². The molecule has 1 heterocycles. The molecule has 1 aromatic heterocycles. The number of nitrogens with zero attached hydrogens (tertiary/aromatic N) is 1. The molecule has 94 valence electrons. The molecule has 0 aliphatic rings. The summed E-state index contributed by atoms with van der Waals surface area (Å²) in [6.45, 7) is 4.28. The number of ether oxygens (including phenoxy) is 1. The van der Waals surface area contributed by atoms with Crippen LogP contribution >= 0.6 is 11.3 Å². The van der Waals surface area contributed by atoms with E-state index in [-0.39, 0.29) is 5.97 Å². The molecule has 0 saturated carbocycles. The Kier molecular flexibility index (Phi) is 4.10. The quantitative estimate of drug-likeness (QED) is 0.790. The van der Waals surface area contributed by atoms with Gasteiger partial charge in [0.05, 0.1) is 6.61 Å². The fourth-order valence-electron chi connectivity index (χ4n) is 1.63. The molecule has 0 aliphatic carbocycles. The van der Waals surface area contributed by atoms with Gasteiger partial charge in [-0.15, -0.1) is 11.3 Å². The van der Waals surface area contributed by atoms with Crippen LogP contribution in [0.4, 0.5) is 0 Å². The Hall–Kier alpha value is -1.68. The van der Waals surface area contributed by atoms with Crippen molar-refractivity contribution in [3.8, 4) is 10.6 Å². The summed E-state index contributed by atoms with van der Waals surface area (Å²) in [5.74, 6) is -0.355. The maximum Gasteiger partial charge on any atom is 0.357 e. The third-order valence-corrected chi connectivity index (χ3v) is 3.46. The SMILES string of the molecule is CCOC(=O)c1csc(-c2cccc(CC)c2)n1. The van der Waals surface area contributed by atoms with Gasteiger partial charge in [0.1, 0.15) is 5.01 Å². The number of rotatable bonds is 4. The van der Waals surface area contributed by atoms with Crippen LogP contribution in [-0.4, -0.2) is 17.6 Å². The molecule has 2 aromatic rings. The van der Waals surface area contributed by atoms with Crippen molar-refractivity contribution in [2.24, 2.45) is 0 Å². The molecular formula is C14H15NO2S. The maximum absolute atomic E-state index is 11.5. The highest BCUT2D eigenvalue weighted by molar-refractivity contribution is 7.13. The van der Waals surface area contributed by atoms with E-state index in [2.05, 4.69) is 24.0 Å². The van der Waals surface area contributed by atoms with Crippen molar-refractivity contribution in [2.75, 3.05) is 6.61 Å². The first-order valence-corrected chi connectivity index (χ1v) is 6.84. The van der Waals surface area contributed by atoms with E-state index in [0.29, 0.717) is 12.3 Å². The molecule has 0 unspecified atom stereocenters. The maximum atomic E-state index is 11.5. The zero-order valence-electron chi connectivity index (χ0n) is 10.5. The van der Waals surface area contributed by atoms with Crippen LogP contribution in [-0.2, 0) is 11.2 Å². The Balaban J connectivity index is 2.26. The Labute approximate surface area is 110 Å². The van der Waals surface area contributed by atoms with Gasteiger partial charge in [0, 0.05) is 10.9 Å². The van der Waals surface area contributed by atoms with Crippen molar-refractivity contribution in [3.05, 3.63) is 40.9 Å². The molecule has 0 saturated heterocycles. The van der Waals surface area contributed by atoms with Crippen molar-refractivity contribution in [2.45, 2.75) is 20.3 Å². The first kappa shape index (κ1) is 12.8. The molecule has 0 aliphatic heterocycles. The van der Waals surface area contributed by atoms with E-state index in [1.165, 1.54) is 16.9 Å². The molecular weight excluding hydrogens is 246 g/mol. The minimum Gasteiger partial charge on any atom is -0.461 e. The first-order chi connectivity index (χ1) is 8.74. The summed E-state index contributed by atoms with van der Waals surface area (Å²) in [5.41, 5.74) is 2.70. The first-order valence-electron chi connectivity index (χ1n) is 5.96. The van der Waals surface area contributed by atoms with Crippen molar-refractivity contribution in [1.29, 1.82) is 0 Å². The van der Waals surface area contributed by atoms with Crippen molar-refractivity contribution < 1.29 is 9.53 Å². The number of benzene rings is 1. The molecule has 2 rings (SSSR count). The summed E-state index contributed by atoms with van der Waals surface area (Å²) in [7, 11) is 0. The van der Waals surface area contributed by atoms with Crippen LogP contribution < -0.4 is 0 Å². The Morgan fingerprint density at radius 3 is 2.94 bits per heavy atom. The number of aromatic nitrogens is 1. The van der Waals surface area contributed by atoms with Crippen LogP contribution in [0.25, 0.3) is 10.6 Å². The highest BCUT2D eigenvalue weighted by atomic mass is 32.1. The highest BCUT2D eigenvalue weighted by Crippen LogP contribution is 2.25. The monoisotopic (exact) mass is 261 g/mol. The second kappa shape index (κ2) is 5.78. The smallest absolute Gasteiger partial charge is 0.357 e. The van der Waals surface area contributed by atoms with E-state index in [1.807, 2.05) is 12.1 Å². The van der Waals surface area contributed by atoms with Gasteiger partial charge in [-0.3, -0.25) is 0 Å². The predicted molar refractivity (Wildman–Crippen MR) is 72.9 cm³/mol. The third-order valence-electron chi connectivity index (χ3n) is 2.57. The number of esters is 1. The average molecular weight is 261 g/mol. The zero-order chi connectivity index (χ0) is 13.0. The topological polar surface area (TPSA) is 39.2 Å². The molecule has 18 heavy (non-hydrogen) atoms. The van der Waals surface area contributed by atoms with Crippen LogP contribution in [0.5, 0.6) is 0 Å². The number of carbonyl (C=O) groups excluding carboxylic acids is 1. The molecule has 1 aromatic carbocycles. The summed E-state index contributed by atoms with van der Waals surface area (Å²) in [5, 5.41) is 2.60. The Bertz CT molecular complexity index is 548. The van der Waals surface area contributed by atoms with E-state index in [9.17, 15) is 4.79 Å². The van der Waals surface area contributed by atoms with Crippen LogP contribution in [0.15, 0.2) is 29.6 Å². The molecule has 3 nitrogen and oxygen atoms in total. The fraction of sp³-hybridized carbons (Fsp3) is 0.286. The van der Waals surface area contributed by atoms with Crippen molar-refractivity contribution >= 4 is 17.3 Å². The van der Waals surface area contributed by atoms with Crippen molar-refractivity contribution in [1.82, 2.24) is 4.98 Å². The molecule has 0 radical (unpaired) electrons. The van der Waals surface area contributed by atoms with Crippen LogP contribution in [0.1, 0.15) is 29.9 Å². The largest absolute Gasteiger partial charge is 0.461 e. The van der Waals surface area contributed by atoms with Gasteiger partial charge in [-0.05, 0) is 25.0 Å².